The van der Waals surface area contributed by atoms with E-state index in [1.807, 2.05) is 0 Å². The molecule has 5 heteroatoms. The largest absolute Gasteiger partial charge is 0.493 e. The third-order valence-electron chi connectivity index (χ3n) is 7.81. The number of unbranched alkanes of at least 4 members (excludes halogenated alkanes) is 13. The van der Waals surface area contributed by atoms with Gasteiger partial charge in [0.15, 0.2) is 11.5 Å². The van der Waals surface area contributed by atoms with Gasteiger partial charge in [-0.3, -0.25) is 0 Å². The molecular formula is C33H57F2NO2. The summed E-state index contributed by atoms with van der Waals surface area (Å²) in [6.45, 7) is 6.60. The Labute approximate surface area is 233 Å². The second kappa shape index (κ2) is 21.5. The highest BCUT2D eigenvalue weighted by atomic mass is 19.3. The van der Waals surface area contributed by atoms with Gasteiger partial charge < -0.3 is 14.4 Å². The predicted octanol–water partition coefficient (Wildman–Crippen LogP) is 9.86. The Morgan fingerprint density at radius 1 is 0.789 bits per heavy atom. The van der Waals surface area contributed by atoms with E-state index in [2.05, 4.69) is 30.0 Å². The van der Waals surface area contributed by atoms with Gasteiger partial charge in [-0.05, 0) is 68.7 Å². The lowest BCUT2D eigenvalue weighted by atomic mass is 10.1. The Kier molecular flexibility index (Phi) is 18.6. The first-order chi connectivity index (χ1) is 18.6. The van der Waals surface area contributed by atoms with Crippen molar-refractivity contribution in [1.82, 2.24) is 4.90 Å². The van der Waals surface area contributed by atoms with Crippen molar-refractivity contribution in [3.8, 4) is 11.5 Å². The summed E-state index contributed by atoms with van der Waals surface area (Å²) in [7, 11) is 1.72. The fraction of sp³-hybridized carbons (Fsp3) is 0.818. The molecule has 0 spiro atoms. The molecule has 0 aliphatic heterocycles. The van der Waals surface area contributed by atoms with Gasteiger partial charge in [-0.1, -0.05) is 90.0 Å². The Bertz CT molecular complexity index is 696. The molecule has 1 saturated carbocycles. The van der Waals surface area contributed by atoms with Gasteiger partial charge in [0.1, 0.15) is 0 Å². The van der Waals surface area contributed by atoms with Crippen LogP contribution in [-0.4, -0.2) is 44.7 Å². The lowest BCUT2D eigenvalue weighted by molar-refractivity contribution is 0.133. The van der Waals surface area contributed by atoms with Gasteiger partial charge in [-0.15, -0.1) is 0 Å². The third-order valence-corrected chi connectivity index (χ3v) is 7.81. The topological polar surface area (TPSA) is 21.7 Å². The standard InChI is InChI=1S/C33H57F2NO2/c1-3-4-5-6-7-10-13-16-24-36(28-30-19-20-30)25-23-29-21-22-31(32(27-29)37-2)38-26-17-14-11-8-9-12-15-18-33(34)35/h21-22,27,30,33H,3-20,23-26,28H2,1-2H3. The highest BCUT2D eigenvalue weighted by molar-refractivity contribution is 5.43. The molecule has 0 unspecified atom stereocenters. The van der Waals surface area contributed by atoms with Crippen LogP contribution in [0.3, 0.4) is 0 Å². The maximum atomic E-state index is 12.2. The van der Waals surface area contributed by atoms with E-state index >= 15 is 0 Å². The highest BCUT2D eigenvalue weighted by Crippen LogP contribution is 2.31. The summed E-state index contributed by atoms with van der Waals surface area (Å²) >= 11 is 0. The van der Waals surface area contributed by atoms with Crippen LogP contribution in [0, 0.1) is 5.92 Å². The molecule has 1 aromatic carbocycles. The molecule has 0 heterocycles. The monoisotopic (exact) mass is 537 g/mol. The summed E-state index contributed by atoms with van der Waals surface area (Å²) in [4.78, 5) is 2.70. The molecule has 220 valence electrons. The minimum Gasteiger partial charge on any atom is -0.493 e. The van der Waals surface area contributed by atoms with Gasteiger partial charge in [0.25, 0.3) is 0 Å². The number of halogens is 2. The van der Waals surface area contributed by atoms with Gasteiger partial charge in [-0.2, -0.15) is 0 Å². The van der Waals surface area contributed by atoms with Crippen LogP contribution in [0.4, 0.5) is 8.78 Å². The zero-order chi connectivity index (χ0) is 27.3. The van der Waals surface area contributed by atoms with Gasteiger partial charge >= 0.3 is 0 Å². The van der Waals surface area contributed by atoms with E-state index in [0.29, 0.717) is 13.0 Å². The zero-order valence-electron chi connectivity index (χ0n) is 24.7. The molecule has 0 radical (unpaired) electrons. The number of nitrogens with zero attached hydrogens (tertiary/aromatic N) is 1. The summed E-state index contributed by atoms with van der Waals surface area (Å²) < 4.78 is 36.0. The molecule has 0 bridgehead atoms. The average Bonchev–Trinajstić information content (AvgIpc) is 3.74. The molecule has 1 aliphatic rings. The van der Waals surface area contributed by atoms with Crippen LogP contribution in [-0.2, 0) is 6.42 Å². The van der Waals surface area contributed by atoms with Crippen molar-refractivity contribution in [3.05, 3.63) is 23.8 Å². The second-order valence-electron chi connectivity index (χ2n) is 11.5. The van der Waals surface area contributed by atoms with Gasteiger partial charge in [0.2, 0.25) is 6.43 Å². The van der Waals surface area contributed by atoms with Crippen molar-refractivity contribution < 1.29 is 18.3 Å². The van der Waals surface area contributed by atoms with E-state index in [0.717, 1.165) is 68.9 Å². The number of rotatable bonds is 26. The summed E-state index contributed by atoms with van der Waals surface area (Å²) in [5.41, 5.74) is 1.32. The van der Waals surface area contributed by atoms with Crippen molar-refractivity contribution in [2.45, 2.75) is 135 Å². The molecule has 38 heavy (non-hydrogen) atoms. The average molecular weight is 538 g/mol. The Balaban J connectivity index is 1.62. The first-order valence-corrected chi connectivity index (χ1v) is 15.9. The first kappa shape index (κ1) is 32.8. The van der Waals surface area contributed by atoms with Crippen molar-refractivity contribution in [2.24, 2.45) is 5.92 Å². The van der Waals surface area contributed by atoms with E-state index in [4.69, 9.17) is 9.47 Å². The maximum absolute atomic E-state index is 12.2. The summed E-state index contributed by atoms with van der Waals surface area (Å²) in [6.07, 6.45) is 19.8. The molecule has 0 atom stereocenters. The fourth-order valence-corrected chi connectivity index (χ4v) is 5.17. The van der Waals surface area contributed by atoms with E-state index < -0.39 is 6.43 Å². The zero-order valence-corrected chi connectivity index (χ0v) is 24.7. The highest BCUT2D eigenvalue weighted by Gasteiger charge is 2.24. The smallest absolute Gasteiger partial charge is 0.238 e. The van der Waals surface area contributed by atoms with Crippen LogP contribution in [0.2, 0.25) is 0 Å². The summed E-state index contributed by atoms with van der Waals surface area (Å²) in [6, 6.07) is 6.42. The predicted molar refractivity (Wildman–Crippen MR) is 157 cm³/mol. The van der Waals surface area contributed by atoms with Crippen LogP contribution >= 0.6 is 0 Å². The normalized spacial score (nSPS) is 13.5. The lowest BCUT2D eigenvalue weighted by Gasteiger charge is -2.22. The molecule has 2 rings (SSSR count). The van der Waals surface area contributed by atoms with Crippen LogP contribution in [0.1, 0.15) is 128 Å². The van der Waals surface area contributed by atoms with E-state index in [9.17, 15) is 8.78 Å². The molecule has 0 amide bonds. The molecule has 0 aromatic heterocycles. The Morgan fingerprint density at radius 3 is 2.05 bits per heavy atom. The minimum absolute atomic E-state index is 0.0481. The lowest BCUT2D eigenvalue weighted by Crippen LogP contribution is -2.29. The maximum Gasteiger partial charge on any atom is 0.238 e. The molecule has 0 saturated heterocycles. The van der Waals surface area contributed by atoms with Gasteiger partial charge in [0.05, 0.1) is 13.7 Å². The second-order valence-corrected chi connectivity index (χ2v) is 11.5. The van der Waals surface area contributed by atoms with Crippen LogP contribution in [0.25, 0.3) is 0 Å². The van der Waals surface area contributed by atoms with Crippen LogP contribution < -0.4 is 9.47 Å². The fourth-order valence-electron chi connectivity index (χ4n) is 5.17. The molecule has 3 nitrogen and oxygen atoms in total. The first-order valence-electron chi connectivity index (χ1n) is 15.9. The SMILES string of the molecule is CCCCCCCCCCN(CCc1ccc(OCCCCCCCCCC(F)F)c(OC)c1)CC1CC1. The number of alkyl halides is 2. The Hall–Kier alpha value is -1.36. The number of hydrogen-bond donors (Lipinski definition) is 0. The van der Waals surface area contributed by atoms with E-state index in [1.165, 1.54) is 82.9 Å². The van der Waals surface area contributed by atoms with Gasteiger partial charge in [-0.25, -0.2) is 8.78 Å². The number of hydrogen-bond acceptors (Lipinski definition) is 3. The number of benzene rings is 1. The van der Waals surface area contributed by atoms with Gasteiger partial charge in [0, 0.05) is 19.5 Å². The molecule has 1 fully saturated rings. The van der Waals surface area contributed by atoms with Crippen molar-refractivity contribution >= 4 is 0 Å². The third kappa shape index (κ3) is 16.6. The van der Waals surface area contributed by atoms with E-state index in [-0.39, 0.29) is 6.42 Å². The van der Waals surface area contributed by atoms with Crippen molar-refractivity contribution in [1.29, 1.82) is 0 Å². The molecule has 0 N–H and O–H groups in total. The van der Waals surface area contributed by atoms with Crippen LogP contribution in [0.15, 0.2) is 18.2 Å². The molecular weight excluding hydrogens is 480 g/mol. The number of methoxy groups -OCH3 is 1. The molecule has 1 aliphatic carbocycles. The molecule has 1 aromatic rings. The number of ether oxygens (including phenoxy) is 2. The van der Waals surface area contributed by atoms with Crippen molar-refractivity contribution in [3.63, 3.8) is 0 Å². The summed E-state index contributed by atoms with van der Waals surface area (Å²) in [5.74, 6) is 2.59. The van der Waals surface area contributed by atoms with Crippen molar-refractivity contribution in [2.75, 3.05) is 33.4 Å². The summed E-state index contributed by atoms with van der Waals surface area (Å²) in [5, 5.41) is 0. The van der Waals surface area contributed by atoms with Crippen LogP contribution in [0.5, 0.6) is 11.5 Å². The Morgan fingerprint density at radius 2 is 1.42 bits per heavy atom. The minimum atomic E-state index is -2.15. The van der Waals surface area contributed by atoms with E-state index in [1.54, 1.807) is 7.11 Å². The quantitative estimate of drug-likeness (QED) is 0.110.